The minimum absolute atomic E-state index is 0. The number of aliphatic hydroxyl groups excluding tert-OH is 1. The molecule has 0 saturated heterocycles. The highest BCUT2D eigenvalue weighted by atomic mass is 127. The number of likely N-dealkylation sites (N-methyl/N-ethyl adjacent to an activating group) is 1. The molecular weight excluding hydrogens is 459 g/mol. The Labute approximate surface area is 177 Å². The van der Waals surface area contributed by atoms with Gasteiger partial charge in [0.25, 0.3) is 0 Å². The van der Waals surface area contributed by atoms with E-state index in [9.17, 15) is 5.11 Å². The average Bonchev–Trinajstić information content (AvgIpc) is 3.07. The molecule has 0 fully saturated rings. The highest BCUT2D eigenvalue weighted by Crippen LogP contribution is 2.29. The van der Waals surface area contributed by atoms with Crippen molar-refractivity contribution in [1.29, 1.82) is 0 Å². The van der Waals surface area contributed by atoms with Crippen LogP contribution in [0.4, 0.5) is 0 Å². The number of thiophene rings is 1. The van der Waals surface area contributed by atoms with Gasteiger partial charge in [0.1, 0.15) is 6.10 Å². The molecule has 0 bridgehead atoms. The van der Waals surface area contributed by atoms with Crippen LogP contribution in [0.3, 0.4) is 0 Å². The smallest absolute Gasteiger partial charge is 0.191 e. The fraction of sp³-hybridized carbons (Fsp3) is 0.526. The van der Waals surface area contributed by atoms with E-state index in [0.29, 0.717) is 12.6 Å². The van der Waals surface area contributed by atoms with Crippen molar-refractivity contribution in [2.75, 3.05) is 33.7 Å². The third-order valence-electron chi connectivity index (χ3n) is 4.56. The number of fused-ring (bicyclic) bond motifs is 1. The maximum absolute atomic E-state index is 10.4. The molecule has 1 aromatic carbocycles. The molecule has 0 saturated carbocycles. The molecule has 3 N–H and O–H groups in total. The number of nitrogens with zero attached hydrogens (tertiary/aromatic N) is 2. The lowest BCUT2D eigenvalue weighted by Gasteiger charge is -2.24. The molecule has 1 heterocycles. The Morgan fingerprint density at radius 2 is 2.04 bits per heavy atom. The molecule has 26 heavy (non-hydrogen) atoms. The number of rotatable bonds is 8. The molecular formula is C19H31IN4OS. The molecule has 0 spiro atoms. The van der Waals surface area contributed by atoms with Crippen LogP contribution in [0.25, 0.3) is 10.1 Å². The summed E-state index contributed by atoms with van der Waals surface area (Å²) in [5.41, 5.74) is 0. The van der Waals surface area contributed by atoms with Crippen LogP contribution < -0.4 is 10.6 Å². The maximum Gasteiger partial charge on any atom is 0.191 e. The lowest BCUT2D eigenvalue weighted by molar-refractivity contribution is 0.184. The molecule has 2 aromatic rings. The fourth-order valence-corrected chi connectivity index (χ4v) is 3.61. The summed E-state index contributed by atoms with van der Waals surface area (Å²) >= 11 is 1.64. The first-order chi connectivity index (χ1) is 12.0. The molecule has 0 aliphatic heterocycles. The second kappa shape index (κ2) is 11.7. The van der Waals surface area contributed by atoms with Crippen LogP contribution in [0.1, 0.15) is 31.2 Å². The highest BCUT2D eigenvalue weighted by molar-refractivity contribution is 14.0. The zero-order chi connectivity index (χ0) is 18.2. The standard InChI is InChI=1S/C19H30N4OS.HI/c1-5-14(2)23(4)11-10-21-19(20-3)22-13-16(24)18-12-15-8-6-7-9-17(15)25-18;/h6-9,12,14,16,24H,5,10-11,13H2,1-4H3,(H2,20,21,22);1H. The summed E-state index contributed by atoms with van der Waals surface area (Å²) in [5.74, 6) is 0.720. The Morgan fingerprint density at radius 1 is 1.31 bits per heavy atom. The minimum Gasteiger partial charge on any atom is -0.386 e. The molecule has 2 rings (SSSR count). The number of benzene rings is 1. The molecule has 146 valence electrons. The van der Waals surface area contributed by atoms with Gasteiger partial charge in [0.2, 0.25) is 0 Å². The zero-order valence-electron chi connectivity index (χ0n) is 16.0. The van der Waals surface area contributed by atoms with E-state index >= 15 is 0 Å². The van der Waals surface area contributed by atoms with E-state index in [-0.39, 0.29) is 24.0 Å². The Hall–Kier alpha value is -0.900. The number of hydrogen-bond donors (Lipinski definition) is 3. The van der Waals surface area contributed by atoms with Gasteiger partial charge in [0.15, 0.2) is 5.96 Å². The predicted molar refractivity (Wildman–Crippen MR) is 124 cm³/mol. The van der Waals surface area contributed by atoms with E-state index in [1.165, 1.54) is 10.1 Å². The van der Waals surface area contributed by atoms with Gasteiger partial charge in [-0.2, -0.15) is 0 Å². The summed E-state index contributed by atoms with van der Waals surface area (Å²) < 4.78 is 1.20. The third-order valence-corrected chi connectivity index (χ3v) is 5.78. The summed E-state index contributed by atoms with van der Waals surface area (Å²) in [7, 11) is 3.89. The van der Waals surface area contributed by atoms with Crippen molar-refractivity contribution in [3.05, 3.63) is 35.2 Å². The largest absolute Gasteiger partial charge is 0.386 e. The van der Waals surface area contributed by atoms with Crippen LogP contribution in [0.5, 0.6) is 0 Å². The maximum atomic E-state index is 10.4. The second-order valence-electron chi connectivity index (χ2n) is 6.32. The lowest BCUT2D eigenvalue weighted by atomic mass is 10.2. The van der Waals surface area contributed by atoms with Crippen LogP contribution >= 0.6 is 35.3 Å². The Morgan fingerprint density at radius 3 is 2.69 bits per heavy atom. The van der Waals surface area contributed by atoms with Gasteiger partial charge < -0.3 is 20.6 Å². The second-order valence-corrected chi connectivity index (χ2v) is 7.44. The Balaban J connectivity index is 0.00000338. The molecule has 0 aliphatic rings. The van der Waals surface area contributed by atoms with Gasteiger partial charge in [-0.15, -0.1) is 35.3 Å². The van der Waals surface area contributed by atoms with Crippen LogP contribution in [-0.4, -0.2) is 55.7 Å². The molecule has 0 radical (unpaired) electrons. The van der Waals surface area contributed by atoms with E-state index in [1.807, 2.05) is 12.1 Å². The highest BCUT2D eigenvalue weighted by Gasteiger charge is 2.12. The molecule has 0 aliphatic carbocycles. The molecule has 2 unspecified atom stereocenters. The number of aliphatic imine (C=N–C) groups is 1. The fourth-order valence-electron chi connectivity index (χ4n) is 2.56. The van der Waals surface area contributed by atoms with E-state index in [4.69, 9.17) is 0 Å². The van der Waals surface area contributed by atoms with Gasteiger partial charge in [0, 0.05) is 42.3 Å². The Kier molecular flexibility index (Phi) is 10.4. The summed E-state index contributed by atoms with van der Waals surface area (Å²) in [6.45, 7) is 6.64. The van der Waals surface area contributed by atoms with E-state index < -0.39 is 6.10 Å². The third kappa shape index (κ3) is 6.68. The SMILES string of the molecule is CCC(C)N(C)CCNC(=NC)NCC(O)c1cc2ccccc2s1.I. The predicted octanol–water partition coefficient (Wildman–Crippen LogP) is 3.45. The van der Waals surface area contributed by atoms with E-state index in [2.05, 4.69) is 59.6 Å². The van der Waals surface area contributed by atoms with Crippen LogP contribution in [0.2, 0.25) is 0 Å². The normalized spacial score (nSPS) is 14.2. The molecule has 1 aromatic heterocycles. The van der Waals surface area contributed by atoms with Crippen molar-refractivity contribution < 1.29 is 5.11 Å². The quantitative estimate of drug-likeness (QED) is 0.302. The first-order valence-electron chi connectivity index (χ1n) is 8.86. The van der Waals surface area contributed by atoms with Crippen molar-refractivity contribution in [3.63, 3.8) is 0 Å². The van der Waals surface area contributed by atoms with Crippen molar-refractivity contribution in [2.24, 2.45) is 4.99 Å². The Bertz CT molecular complexity index is 658. The van der Waals surface area contributed by atoms with Crippen LogP contribution in [-0.2, 0) is 0 Å². The summed E-state index contributed by atoms with van der Waals surface area (Å²) in [5, 5.41) is 18.1. The minimum atomic E-state index is -0.543. The van der Waals surface area contributed by atoms with Crippen molar-refractivity contribution in [1.82, 2.24) is 15.5 Å². The topological polar surface area (TPSA) is 59.9 Å². The van der Waals surface area contributed by atoms with Gasteiger partial charge in [-0.25, -0.2) is 0 Å². The van der Waals surface area contributed by atoms with Crippen molar-refractivity contribution in [2.45, 2.75) is 32.4 Å². The zero-order valence-corrected chi connectivity index (χ0v) is 19.2. The van der Waals surface area contributed by atoms with Crippen molar-refractivity contribution >= 4 is 51.4 Å². The van der Waals surface area contributed by atoms with Crippen LogP contribution in [0.15, 0.2) is 35.3 Å². The van der Waals surface area contributed by atoms with Gasteiger partial charge in [-0.3, -0.25) is 4.99 Å². The first-order valence-corrected chi connectivity index (χ1v) is 9.68. The number of aliphatic hydroxyl groups is 1. The van der Waals surface area contributed by atoms with Gasteiger partial charge in [0.05, 0.1) is 0 Å². The van der Waals surface area contributed by atoms with Crippen LogP contribution in [0, 0.1) is 0 Å². The molecule has 7 heteroatoms. The molecule has 2 atom stereocenters. The summed E-state index contributed by atoms with van der Waals surface area (Å²) in [4.78, 5) is 7.53. The van der Waals surface area contributed by atoms with Gasteiger partial charge in [-0.1, -0.05) is 25.1 Å². The van der Waals surface area contributed by atoms with Crippen molar-refractivity contribution in [3.8, 4) is 0 Å². The number of guanidine groups is 1. The number of nitrogens with one attached hydrogen (secondary N) is 2. The number of halogens is 1. The molecule has 0 amide bonds. The van der Waals surface area contributed by atoms with E-state index in [1.54, 1.807) is 18.4 Å². The van der Waals surface area contributed by atoms with E-state index in [0.717, 1.165) is 30.3 Å². The summed E-state index contributed by atoms with van der Waals surface area (Å²) in [6.07, 6.45) is 0.601. The number of hydrogen-bond acceptors (Lipinski definition) is 4. The van der Waals surface area contributed by atoms with Gasteiger partial charge >= 0.3 is 0 Å². The van der Waals surface area contributed by atoms with Gasteiger partial charge in [-0.05, 0) is 37.9 Å². The monoisotopic (exact) mass is 490 g/mol. The summed E-state index contributed by atoms with van der Waals surface area (Å²) in [6, 6.07) is 10.8. The molecule has 5 nitrogen and oxygen atoms in total. The first kappa shape index (κ1) is 23.1. The lowest BCUT2D eigenvalue weighted by Crippen LogP contribution is -2.43. The average molecular weight is 490 g/mol.